The van der Waals surface area contributed by atoms with E-state index in [-0.39, 0.29) is 24.3 Å². The Hall–Kier alpha value is -3.80. The van der Waals surface area contributed by atoms with E-state index in [9.17, 15) is 9.59 Å². The zero-order valence-corrected chi connectivity index (χ0v) is 19.7. The maximum atomic E-state index is 13.4. The number of hydrogen-bond acceptors (Lipinski definition) is 5. The quantitative estimate of drug-likeness (QED) is 0.451. The first-order chi connectivity index (χ1) is 16.5. The van der Waals surface area contributed by atoms with Crippen molar-refractivity contribution in [1.82, 2.24) is 4.90 Å². The first-order valence-electron chi connectivity index (χ1n) is 11.4. The van der Waals surface area contributed by atoms with Crippen molar-refractivity contribution in [3.05, 3.63) is 89.0 Å². The Morgan fingerprint density at radius 1 is 0.941 bits per heavy atom. The van der Waals surface area contributed by atoms with Crippen molar-refractivity contribution < 1.29 is 23.8 Å². The van der Waals surface area contributed by atoms with Crippen molar-refractivity contribution >= 4 is 11.7 Å². The molecule has 34 heavy (non-hydrogen) atoms. The summed E-state index contributed by atoms with van der Waals surface area (Å²) >= 11 is 0. The summed E-state index contributed by atoms with van der Waals surface area (Å²) < 4.78 is 16.8. The van der Waals surface area contributed by atoms with E-state index in [1.807, 2.05) is 54.3 Å². The van der Waals surface area contributed by atoms with E-state index >= 15 is 0 Å². The summed E-state index contributed by atoms with van der Waals surface area (Å²) in [6.07, 6.45) is 1.16. The van der Waals surface area contributed by atoms with Gasteiger partial charge >= 0.3 is 0 Å². The Morgan fingerprint density at radius 3 is 2.26 bits per heavy atom. The van der Waals surface area contributed by atoms with Crippen LogP contribution in [0.25, 0.3) is 0 Å². The number of benzene rings is 3. The minimum Gasteiger partial charge on any atom is -0.493 e. The standard InChI is InChI=1S/C28H29NO5/c1-4-24(30)19-10-12-22(13-11-19)34-18-27(31)29-15-14-21-16-25(32-2)26(33-3)17-23(21)28(29)20-8-6-5-7-9-20/h5-13,16-17,28H,4,14-15,18H2,1-3H3. The van der Waals surface area contributed by atoms with Gasteiger partial charge in [-0.15, -0.1) is 0 Å². The van der Waals surface area contributed by atoms with Crippen molar-refractivity contribution in [1.29, 1.82) is 0 Å². The van der Waals surface area contributed by atoms with Crippen LogP contribution >= 0.6 is 0 Å². The van der Waals surface area contributed by atoms with E-state index < -0.39 is 0 Å². The number of ether oxygens (including phenoxy) is 3. The van der Waals surface area contributed by atoms with Crippen LogP contribution in [0.5, 0.6) is 17.2 Å². The molecule has 0 saturated heterocycles. The lowest BCUT2D eigenvalue weighted by Crippen LogP contribution is -2.43. The molecule has 0 radical (unpaired) electrons. The van der Waals surface area contributed by atoms with Crippen molar-refractivity contribution in [3.8, 4) is 17.2 Å². The Labute approximate surface area is 200 Å². The van der Waals surface area contributed by atoms with E-state index in [1.54, 1.807) is 38.5 Å². The second-order valence-corrected chi connectivity index (χ2v) is 8.15. The number of nitrogens with zero attached hydrogens (tertiary/aromatic N) is 1. The molecule has 0 fully saturated rings. The molecule has 1 aliphatic rings. The predicted octanol–water partition coefficient (Wildman–Crippen LogP) is 4.85. The van der Waals surface area contributed by atoms with Crippen LogP contribution in [0.4, 0.5) is 0 Å². The number of amides is 1. The Kier molecular flexibility index (Phi) is 7.16. The third-order valence-electron chi connectivity index (χ3n) is 6.17. The number of carbonyl (C=O) groups excluding carboxylic acids is 2. The lowest BCUT2D eigenvalue weighted by atomic mass is 9.87. The zero-order valence-electron chi connectivity index (χ0n) is 19.7. The summed E-state index contributed by atoms with van der Waals surface area (Å²) in [7, 11) is 3.24. The molecule has 176 valence electrons. The van der Waals surface area contributed by atoms with Crippen LogP contribution < -0.4 is 14.2 Å². The largest absolute Gasteiger partial charge is 0.493 e. The highest BCUT2D eigenvalue weighted by atomic mass is 16.5. The Morgan fingerprint density at radius 2 is 1.62 bits per heavy atom. The van der Waals surface area contributed by atoms with Crippen molar-refractivity contribution in [2.45, 2.75) is 25.8 Å². The molecule has 0 bridgehead atoms. The minimum atomic E-state index is -0.259. The number of hydrogen-bond donors (Lipinski definition) is 0. The van der Waals surface area contributed by atoms with Crippen LogP contribution in [0.15, 0.2) is 66.7 Å². The number of fused-ring (bicyclic) bond motifs is 1. The van der Waals surface area contributed by atoms with Crippen LogP contribution in [0.1, 0.15) is 46.4 Å². The molecule has 1 atom stereocenters. The highest BCUT2D eigenvalue weighted by Crippen LogP contribution is 2.41. The van der Waals surface area contributed by atoms with Gasteiger partial charge in [-0.1, -0.05) is 37.3 Å². The van der Waals surface area contributed by atoms with Gasteiger partial charge in [0.25, 0.3) is 5.91 Å². The predicted molar refractivity (Wildman–Crippen MR) is 130 cm³/mol. The summed E-state index contributed by atoms with van der Waals surface area (Å²) in [6.45, 7) is 2.30. The van der Waals surface area contributed by atoms with E-state index in [1.165, 1.54) is 0 Å². The molecule has 6 heteroatoms. The Balaban J connectivity index is 1.59. The van der Waals surface area contributed by atoms with Crippen LogP contribution in [0, 0.1) is 0 Å². The van der Waals surface area contributed by atoms with E-state index in [2.05, 4.69) is 0 Å². The lowest BCUT2D eigenvalue weighted by molar-refractivity contribution is -0.135. The van der Waals surface area contributed by atoms with Crippen molar-refractivity contribution in [3.63, 3.8) is 0 Å². The maximum Gasteiger partial charge on any atom is 0.261 e. The molecule has 0 aliphatic carbocycles. The van der Waals surface area contributed by atoms with Crippen LogP contribution in [-0.2, 0) is 11.2 Å². The summed E-state index contributed by atoms with van der Waals surface area (Å²) in [5.41, 5.74) is 3.81. The van der Waals surface area contributed by atoms with E-state index in [0.717, 1.165) is 16.7 Å². The van der Waals surface area contributed by atoms with Crippen LogP contribution in [0.2, 0.25) is 0 Å². The second-order valence-electron chi connectivity index (χ2n) is 8.15. The molecule has 0 N–H and O–H groups in total. The highest BCUT2D eigenvalue weighted by molar-refractivity contribution is 5.95. The first kappa shape index (κ1) is 23.4. The summed E-state index contributed by atoms with van der Waals surface area (Å²) in [4.78, 5) is 27.1. The monoisotopic (exact) mass is 459 g/mol. The topological polar surface area (TPSA) is 65.1 Å². The van der Waals surface area contributed by atoms with Gasteiger partial charge in [-0.3, -0.25) is 9.59 Å². The highest BCUT2D eigenvalue weighted by Gasteiger charge is 2.33. The van der Waals surface area contributed by atoms with Crippen LogP contribution in [0.3, 0.4) is 0 Å². The summed E-state index contributed by atoms with van der Waals surface area (Å²) in [5, 5.41) is 0. The Bertz CT molecular complexity index is 1160. The zero-order chi connectivity index (χ0) is 24.1. The van der Waals surface area contributed by atoms with Gasteiger partial charge in [0.15, 0.2) is 23.9 Å². The fourth-order valence-electron chi connectivity index (χ4n) is 4.38. The van der Waals surface area contributed by atoms with Gasteiger partial charge in [-0.2, -0.15) is 0 Å². The molecule has 6 nitrogen and oxygen atoms in total. The fourth-order valence-corrected chi connectivity index (χ4v) is 4.38. The normalized spacial score (nSPS) is 14.8. The maximum absolute atomic E-state index is 13.4. The van der Waals surface area contributed by atoms with Gasteiger partial charge in [-0.25, -0.2) is 0 Å². The van der Waals surface area contributed by atoms with Gasteiger partial charge in [0.05, 0.1) is 20.3 Å². The van der Waals surface area contributed by atoms with Gasteiger partial charge in [0, 0.05) is 18.5 Å². The van der Waals surface area contributed by atoms with E-state index in [0.29, 0.717) is 42.2 Å². The number of ketones is 1. The van der Waals surface area contributed by atoms with Gasteiger partial charge in [-0.05, 0) is 59.5 Å². The average molecular weight is 460 g/mol. The van der Waals surface area contributed by atoms with Gasteiger partial charge in [0.1, 0.15) is 5.75 Å². The molecule has 1 unspecified atom stereocenters. The summed E-state index contributed by atoms with van der Waals surface area (Å²) in [5.74, 6) is 1.84. The first-order valence-corrected chi connectivity index (χ1v) is 11.4. The molecule has 0 aromatic heterocycles. The number of Topliss-reactive ketones (excluding diaryl/α,β-unsaturated/α-hetero) is 1. The molecule has 3 aromatic carbocycles. The molecule has 0 spiro atoms. The lowest BCUT2D eigenvalue weighted by Gasteiger charge is -2.38. The summed E-state index contributed by atoms with van der Waals surface area (Å²) in [6, 6.07) is 20.6. The molecule has 1 heterocycles. The van der Waals surface area contributed by atoms with Gasteiger partial charge in [0.2, 0.25) is 0 Å². The average Bonchev–Trinajstić information content (AvgIpc) is 2.90. The molecule has 0 saturated carbocycles. The van der Waals surface area contributed by atoms with E-state index in [4.69, 9.17) is 14.2 Å². The van der Waals surface area contributed by atoms with Crippen molar-refractivity contribution in [2.24, 2.45) is 0 Å². The molecule has 4 rings (SSSR count). The molecule has 1 aliphatic heterocycles. The number of carbonyl (C=O) groups is 2. The second kappa shape index (κ2) is 10.4. The van der Waals surface area contributed by atoms with Crippen LogP contribution in [-0.4, -0.2) is 44.0 Å². The third kappa shape index (κ3) is 4.76. The minimum absolute atomic E-state index is 0.0763. The molecule has 1 amide bonds. The smallest absolute Gasteiger partial charge is 0.261 e. The SMILES string of the molecule is CCC(=O)c1ccc(OCC(=O)N2CCc3cc(OC)c(OC)cc3C2c2ccccc2)cc1. The third-order valence-corrected chi connectivity index (χ3v) is 6.17. The molecular formula is C28H29NO5. The van der Waals surface area contributed by atoms with Crippen molar-refractivity contribution in [2.75, 3.05) is 27.4 Å². The number of methoxy groups -OCH3 is 2. The fraction of sp³-hybridized carbons (Fsp3) is 0.286. The molecule has 3 aromatic rings. The number of rotatable bonds is 8. The van der Waals surface area contributed by atoms with Gasteiger partial charge < -0.3 is 19.1 Å². The molecular weight excluding hydrogens is 430 g/mol.